The molecule has 0 saturated heterocycles. The maximum atomic E-state index is 12.3. The van der Waals surface area contributed by atoms with E-state index in [2.05, 4.69) is 15.3 Å². The monoisotopic (exact) mass is 391 g/mol. The SMILES string of the molecule is CCOC(=O)c1cnc(-c2ccccc2)nc1NC[C@H]1COc2ccccc2O1. The van der Waals surface area contributed by atoms with Crippen molar-refractivity contribution in [3.8, 4) is 22.9 Å². The highest BCUT2D eigenvalue weighted by molar-refractivity contribution is 5.94. The Bertz CT molecular complexity index is 994. The normalized spacial score (nSPS) is 14.9. The molecule has 0 aliphatic carbocycles. The Hall–Kier alpha value is -3.61. The van der Waals surface area contributed by atoms with Crippen molar-refractivity contribution in [2.24, 2.45) is 0 Å². The van der Waals surface area contributed by atoms with Crippen LogP contribution in [0.3, 0.4) is 0 Å². The second kappa shape index (κ2) is 8.60. The second-order valence-corrected chi connectivity index (χ2v) is 6.42. The summed E-state index contributed by atoms with van der Waals surface area (Å²) in [7, 11) is 0. The molecule has 1 aliphatic rings. The Morgan fingerprint density at radius 1 is 1.14 bits per heavy atom. The molecule has 0 amide bonds. The average molecular weight is 391 g/mol. The number of nitrogens with one attached hydrogen (secondary N) is 1. The van der Waals surface area contributed by atoms with Gasteiger partial charge in [-0.3, -0.25) is 0 Å². The molecule has 0 saturated carbocycles. The van der Waals surface area contributed by atoms with Crippen LogP contribution in [0.15, 0.2) is 60.8 Å². The highest BCUT2D eigenvalue weighted by Crippen LogP contribution is 2.31. The summed E-state index contributed by atoms with van der Waals surface area (Å²) in [5.74, 6) is 1.88. The van der Waals surface area contributed by atoms with Crippen LogP contribution in [-0.4, -0.2) is 41.8 Å². The number of hydrogen-bond donors (Lipinski definition) is 1. The number of ether oxygens (including phenoxy) is 3. The van der Waals surface area contributed by atoms with Gasteiger partial charge in [0.25, 0.3) is 0 Å². The average Bonchev–Trinajstić information content (AvgIpc) is 2.78. The van der Waals surface area contributed by atoms with Crippen LogP contribution >= 0.6 is 0 Å². The minimum absolute atomic E-state index is 0.227. The first-order valence-electron chi connectivity index (χ1n) is 9.46. The van der Waals surface area contributed by atoms with Crippen LogP contribution in [0, 0.1) is 0 Å². The van der Waals surface area contributed by atoms with Crippen molar-refractivity contribution in [2.75, 3.05) is 25.1 Å². The lowest BCUT2D eigenvalue weighted by Gasteiger charge is -2.26. The Kier molecular flexibility index (Phi) is 5.56. The number of nitrogens with zero attached hydrogens (tertiary/aromatic N) is 2. The first-order valence-corrected chi connectivity index (χ1v) is 9.46. The zero-order valence-electron chi connectivity index (χ0n) is 16.0. The maximum absolute atomic E-state index is 12.3. The number of carbonyl (C=O) groups excluding carboxylic acids is 1. The van der Waals surface area contributed by atoms with Crippen molar-refractivity contribution in [3.63, 3.8) is 0 Å². The molecule has 4 rings (SSSR count). The molecule has 1 aromatic heterocycles. The summed E-state index contributed by atoms with van der Waals surface area (Å²) in [5.41, 5.74) is 1.14. The van der Waals surface area contributed by atoms with Crippen molar-refractivity contribution < 1.29 is 19.0 Å². The van der Waals surface area contributed by atoms with Crippen LogP contribution < -0.4 is 14.8 Å². The lowest BCUT2D eigenvalue weighted by atomic mass is 10.2. The quantitative estimate of drug-likeness (QED) is 0.643. The van der Waals surface area contributed by atoms with E-state index in [0.29, 0.717) is 30.5 Å². The van der Waals surface area contributed by atoms with Gasteiger partial charge in [0.05, 0.1) is 13.2 Å². The minimum Gasteiger partial charge on any atom is -0.486 e. The van der Waals surface area contributed by atoms with Crippen LogP contribution in [0.25, 0.3) is 11.4 Å². The fourth-order valence-corrected chi connectivity index (χ4v) is 2.98. The molecule has 7 nitrogen and oxygen atoms in total. The van der Waals surface area contributed by atoms with E-state index in [0.717, 1.165) is 11.3 Å². The fraction of sp³-hybridized carbons (Fsp3) is 0.227. The summed E-state index contributed by atoms with van der Waals surface area (Å²) in [6.45, 7) is 2.84. The Labute approximate surface area is 168 Å². The molecular weight excluding hydrogens is 370 g/mol. The number of carbonyl (C=O) groups is 1. The molecule has 3 aromatic rings. The second-order valence-electron chi connectivity index (χ2n) is 6.42. The van der Waals surface area contributed by atoms with E-state index in [1.54, 1.807) is 6.92 Å². The molecule has 0 radical (unpaired) electrons. The van der Waals surface area contributed by atoms with Gasteiger partial charge in [0.15, 0.2) is 17.3 Å². The van der Waals surface area contributed by atoms with Crippen molar-refractivity contribution in [1.29, 1.82) is 0 Å². The van der Waals surface area contributed by atoms with Gasteiger partial charge in [0, 0.05) is 11.8 Å². The van der Waals surface area contributed by atoms with Gasteiger partial charge in [-0.15, -0.1) is 0 Å². The highest BCUT2D eigenvalue weighted by Gasteiger charge is 2.22. The van der Waals surface area contributed by atoms with E-state index in [1.165, 1.54) is 6.20 Å². The molecule has 1 aliphatic heterocycles. The predicted octanol–water partition coefficient (Wildman–Crippen LogP) is 3.57. The third kappa shape index (κ3) is 4.29. The summed E-state index contributed by atoms with van der Waals surface area (Å²) < 4.78 is 16.9. The maximum Gasteiger partial charge on any atom is 0.343 e. The summed E-state index contributed by atoms with van der Waals surface area (Å²) in [6, 6.07) is 17.1. The van der Waals surface area contributed by atoms with Crippen molar-refractivity contribution >= 4 is 11.8 Å². The third-order valence-corrected chi connectivity index (χ3v) is 4.38. The molecule has 0 spiro atoms. The molecular formula is C22H21N3O4. The standard InChI is InChI=1S/C22H21N3O4/c1-2-27-22(26)17-13-24-20(15-8-4-3-5-9-15)25-21(17)23-12-16-14-28-18-10-6-7-11-19(18)29-16/h3-11,13,16H,2,12,14H2,1H3,(H,23,24,25)/t16-/m0/s1. The summed E-state index contributed by atoms with van der Waals surface area (Å²) in [6.07, 6.45) is 1.26. The molecule has 29 heavy (non-hydrogen) atoms. The van der Waals surface area contributed by atoms with Gasteiger partial charge in [-0.1, -0.05) is 42.5 Å². The number of rotatable bonds is 6. The molecule has 1 atom stereocenters. The summed E-state index contributed by atoms with van der Waals surface area (Å²) in [4.78, 5) is 21.2. The van der Waals surface area contributed by atoms with Gasteiger partial charge in [-0.05, 0) is 19.1 Å². The van der Waals surface area contributed by atoms with E-state index in [-0.39, 0.29) is 18.3 Å². The van der Waals surface area contributed by atoms with Crippen molar-refractivity contribution in [1.82, 2.24) is 9.97 Å². The number of benzene rings is 2. The van der Waals surface area contributed by atoms with Crippen molar-refractivity contribution in [2.45, 2.75) is 13.0 Å². The number of aromatic nitrogens is 2. The number of anilines is 1. The number of para-hydroxylation sites is 2. The van der Waals surface area contributed by atoms with E-state index in [9.17, 15) is 4.79 Å². The summed E-state index contributed by atoms with van der Waals surface area (Å²) in [5, 5.41) is 3.21. The molecule has 1 N–H and O–H groups in total. The predicted molar refractivity (Wildman–Crippen MR) is 108 cm³/mol. The molecule has 2 heterocycles. The zero-order chi connectivity index (χ0) is 20.1. The van der Waals surface area contributed by atoms with Crippen LogP contribution in [-0.2, 0) is 4.74 Å². The van der Waals surface area contributed by atoms with Crippen LogP contribution in [0.1, 0.15) is 17.3 Å². The van der Waals surface area contributed by atoms with E-state index in [4.69, 9.17) is 14.2 Å². The molecule has 7 heteroatoms. The minimum atomic E-state index is -0.472. The molecule has 148 valence electrons. The topological polar surface area (TPSA) is 82.6 Å². The lowest BCUT2D eigenvalue weighted by Crippen LogP contribution is -2.35. The molecule has 0 bridgehead atoms. The summed E-state index contributed by atoms with van der Waals surface area (Å²) >= 11 is 0. The smallest absolute Gasteiger partial charge is 0.343 e. The third-order valence-electron chi connectivity index (χ3n) is 4.38. The van der Waals surface area contributed by atoms with E-state index in [1.807, 2.05) is 54.6 Å². The first kappa shape index (κ1) is 18.7. The van der Waals surface area contributed by atoms with Gasteiger partial charge < -0.3 is 19.5 Å². The van der Waals surface area contributed by atoms with Crippen LogP contribution in [0.4, 0.5) is 5.82 Å². The van der Waals surface area contributed by atoms with Gasteiger partial charge in [0.2, 0.25) is 0 Å². The fourth-order valence-electron chi connectivity index (χ4n) is 2.98. The number of fused-ring (bicyclic) bond motifs is 1. The Morgan fingerprint density at radius 3 is 2.69 bits per heavy atom. The van der Waals surface area contributed by atoms with Gasteiger partial charge >= 0.3 is 5.97 Å². The number of esters is 1. The van der Waals surface area contributed by atoms with E-state index >= 15 is 0 Å². The van der Waals surface area contributed by atoms with E-state index < -0.39 is 5.97 Å². The Balaban J connectivity index is 1.55. The lowest BCUT2D eigenvalue weighted by molar-refractivity contribution is 0.0526. The molecule has 0 fully saturated rings. The van der Waals surface area contributed by atoms with Gasteiger partial charge in [-0.2, -0.15) is 0 Å². The van der Waals surface area contributed by atoms with Crippen LogP contribution in [0.5, 0.6) is 11.5 Å². The Morgan fingerprint density at radius 2 is 1.90 bits per heavy atom. The number of hydrogen-bond acceptors (Lipinski definition) is 7. The zero-order valence-corrected chi connectivity index (χ0v) is 16.0. The first-order chi connectivity index (χ1) is 14.2. The molecule has 0 unspecified atom stereocenters. The molecule has 2 aromatic carbocycles. The van der Waals surface area contributed by atoms with Crippen LogP contribution in [0.2, 0.25) is 0 Å². The largest absolute Gasteiger partial charge is 0.486 e. The van der Waals surface area contributed by atoms with Gasteiger partial charge in [-0.25, -0.2) is 14.8 Å². The van der Waals surface area contributed by atoms with Crippen molar-refractivity contribution in [3.05, 3.63) is 66.4 Å². The highest BCUT2D eigenvalue weighted by atomic mass is 16.6. The van der Waals surface area contributed by atoms with Gasteiger partial charge in [0.1, 0.15) is 24.1 Å².